The minimum atomic E-state index is -0.240. The molecule has 1 unspecified atom stereocenters. The Morgan fingerprint density at radius 2 is 2.33 bits per heavy atom. The van der Waals surface area contributed by atoms with Crippen molar-refractivity contribution in [3.8, 4) is 0 Å². The Bertz CT molecular complexity index is 599. The van der Waals surface area contributed by atoms with Crippen LogP contribution in [0.2, 0.25) is 5.02 Å². The summed E-state index contributed by atoms with van der Waals surface area (Å²) in [6.07, 6.45) is 4.06. The van der Waals surface area contributed by atoms with Crippen LogP contribution in [0.25, 0.3) is 0 Å². The van der Waals surface area contributed by atoms with E-state index >= 15 is 0 Å². The van der Waals surface area contributed by atoms with Crippen molar-refractivity contribution in [3.05, 3.63) is 47.0 Å². The monoisotopic (exact) mass is 307 g/mol. The standard InChI is InChI=1S/C15H18ClN3O2/c1-3-6-17-14-12(16)8-11(9-18-14)15(20)19-10(2)13-5-4-7-21-13/h4-5,7-10H,3,6H2,1-2H3,(H,17,18)(H,19,20). The third kappa shape index (κ3) is 3.98. The molecular formula is C15H18ClN3O2. The molecule has 0 aliphatic rings. The Morgan fingerprint density at radius 1 is 1.52 bits per heavy atom. The Balaban J connectivity index is 2.04. The lowest BCUT2D eigenvalue weighted by Crippen LogP contribution is -2.26. The van der Waals surface area contributed by atoms with E-state index in [0.717, 1.165) is 13.0 Å². The Morgan fingerprint density at radius 3 is 2.95 bits per heavy atom. The first-order valence-corrected chi connectivity index (χ1v) is 7.23. The predicted octanol–water partition coefficient (Wildman–Crippen LogP) is 3.64. The average molecular weight is 308 g/mol. The molecule has 0 fully saturated rings. The summed E-state index contributed by atoms with van der Waals surface area (Å²) in [5.41, 5.74) is 0.417. The van der Waals surface area contributed by atoms with Crippen LogP contribution in [-0.4, -0.2) is 17.4 Å². The minimum Gasteiger partial charge on any atom is -0.467 e. The molecule has 0 aliphatic carbocycles. The van der Waals surface area contributed by atoms with Crippen molar-refractivity contribution in [3.63, 3.8) is 0 Å². The van der Waals surface area contributed by atoms with Crippen LogP contribution < -0.4 is 10.6 Å². The van der Waals surface area contributed by atoms with Crippen molar-refractivity contribution in [1.82, 2.24) is 10.3 Å². The highest BCUT2D eigenvalue weighted by molar-refractivity contribution is 6.33. The van der Waals surface area contributed by atoms with E-state index in [1.807, 2.05) is 13.0 Å². The number of carbonyl (C=O) groups excluding carboxylic acids is 1. The summed E-state index contributed by atoms with van der Waals surface area (Å²) in [6.45, 7) is 4.69. The van der Waals surface area contributed by atoms with Gasteiger partial charge in [-0.25, -0.2) is 4.98 Å². The fraction of sp³-hybridized carbons (Fsp3) is 0.333. The van der Waals surface area contributed by atoms with Gasteiger partial charge < -0.3 is 15.1 Å². The maximum Gasteiger partial charge on any atom is 0.253 e. The van der Waals surface area contributed by atoms with E-state index in [0.29, 0.717) is 22.2 Å². The van der Waals surface area contributed by atoms with E-state index in [4.69, 9.17) is 16.0 Å². The van der Waals surface area contributed by atoms with Crippen LogP contribution in [0.5, 0.6) is 0 Å². The number of anilines is 1. The second-order valence-electron chi connectivity index (χ2n) is 4.69. The number of nitrogens with zero attached hydrogens (tertiary/aromatic N) is 1. The summed E-state index contributed by atoms with van der Waals surface area (Å²) < 4.78 is 5.25. The van der Waals surface area contributed by atoms with Crippen molar-refractivity contribution in [1.29, 1.82) is 0 Å². The molecule has 6 heteroatoms. The maximum absolute atomic E-state index is 12.2. The van der Waals surface area contributed by atoms with E-state index in [1.165, 1.54) is 6.20 Å². The number of halogens is 1. The lowest BCUT2D eigenvalue weighted by molar-refractivity contribution is 0.0935. The first-order valence-electron chi connectivity index (χ1n) is 6.85. The summed E-state index contributed by atoms with van der Waals surface area (Å²) in [5.74, 6) is 1.05. The highest BCUT2D eigenvalue weighted by atomic mass is 35.5. The zero-order chi connectivity index (χ0) is 15.2. The summed E-state index contributed by atoms with van der Waals surface area (Å²) in [5, 5.41) is 6.37. The molecule has 2 heterocycles. The number of rotatable bonds is 6. The van der Waals surface area contributed by atoms with Crippen LogP contribution in [0.15, 0.2) is 35.1 Å². The number of hydrogen-bond donors (Lipinski definition) is 2. The lowest BCUT2D eigenvalue weighted by Gasteiger charge is -2.12. The first kappa shape index (κ1) is 15.4. The van der Waals surface area contributed by atoms with Gasteiger partial charge in [0, 0.05) is 12.7 Å². The molecule has 2 N–H and O–H groups in total. The fourth-order valence-electron chi connectivity index (χ4n) is 1.82. The van der Waals surface area contributed by atoms with Gasteiger partial charge in [-0.05, 0) is 31.5 Å². The molecule has 0 bridgehead atoms. The van der Waals surface area contributed by atoms with Crippen LogP contribution in [0.3, 0.4) is 0 Å². The molecule has 1 atom stereocenters. The molecule has 1 amide bonds. The maximum atomic E-state index is 12.2. The normalized spacial score (nSPS) is 12.0. The SMILES string of the molecule is CCCNc1ncc(C(=O)NC(C)c2ccco2)cc1Cl. The van der Waals surface area contributed by atoms with Crippen molar-refractivity contribution in [2.24, 2.45) is 0 Å². The number of nitrogens with one attached hydrogen (secondary N) is 2. The smallest absolute Gasteiger partial charge is 0.253 e. The Kier molecular flexibility index (Phi) is 5.22. The van der Waals surface area contributed by atoms with Gasteiger partial charge in [-0.15, -0.1) is 0 Å². The number of carbonyl (C=O) groups is 1. The Hall–Kier alpha value is -2.01. The number of pyridine rings is 1. The molecule has 0 aliphatic heterocycles. The number of hydrogen-bond acceptors (Lipinski definition) is 4. The number of furan rings is 1. The summed E-state index contributed by atoms with van der Waals surface area (Å²) in [7, 11) is 0. The molecule has 0 saturated carbocycles. The summed E-state index contributed by atoms with van der Waals surface area (Å²) in [6, 6.07) is 4.99. The quantitative estimate of drug-likeness (QED) is 0.855. The van der Waals surface area contributed by atoms with E-state index in [-0.39, 0.29) is 11.9 Å². The van der Waals surface area contributed by atoms with E-state index in [9.17, 15) is 4.79 Å². The van der Waals surface area contributed by atoms with Crippen LogP contribution in [0.1, 0.15) is 42.4 Å². The molecule has 0 aromatic carbocycles. The molecule has 112 valence electrons. The van der Waals surface area contributed by atoms with E-state index < -0.39 is 0 Å². The average Bonchev–Trinajstić information content (AvgIpc) is 3.00. The van der Waals surface area contributed by atoms with Gasteiger partial charge in [0.15, 0.2) is 0 Å². The van der Waals surface area contributed by atoms with Gasteiger partial charge in [-0.2, -0.15) is 0 Å². The van der Waals surface area contributed by atoms with Crippen molar-refractivity contribution < 1.29 is 9.21 Å². The van der Waals surface area contributed by atoms with Crippen LogP contribution in [0.4, 0.5) is 5.82 Å². The third-order valence-corrected chi connectivity index (χ3v) is 3.25. The zero-order valence-electron chi connectivity index (χ0n) is 12.0. The summed E-state index contributed by atoms with van der Waals surface area (Å²) >= 11 is 6.12. The highest BCUT2D eigenvalue weighted by Crippen LogP contribution is 2.21. The summed E-state index contributed by atoms with van der Waals surface area (Å²) in [4.78, 5) is 16.3. The molecule has 5 nitrogen and oxygen atoms in total. The largest absolute Gasteiger partial charge is 0.467 e. The second kappa shape index (κ2) is 7.13. The molecule has 2 rings (SSSR count). The van der Waals surface area contributed by atoms with Crippen molar-refractivity contribution in [2.75, 3.05) is 11.9 Å². The topological polar surface area (TPSA) is 67.2 Å². The predicted molar refractivity (Wildman–Crippen MR) is 82.6 cm³/mol. The first-order chi connectivity index (χ1) is 10.1. The van der Waals surface area contributed by atoms with E-state index in [2.05, 4.69) is 22.5 Å². The molecule has 0 spiro atoms. The minimum absolute atomic E-state index is 0.218. The van der Waals surface area contributed by atoms with Crippen LogP contribution >= 0.6 is 11.6 Å². The van der Waals surface area contributed by atoms with Crippen LogP contribution in [0, 0.1) is 0 Å². The van der Waals surface area contributed by atoms with Crippen molar-refractivity contribution in [2.45, 2.75) is 26.3 Å². The van der Waals surface area contributed by atoms with Gasteiger partial charge in [0.2, 0.25) is 0 Å². The van der Waals surface area contributed by atoms with Gasteiger partial charge in [0.25, 0.3) is 5.91 Å². The Labute approximate surface area is 128 Å². The molecule has 2 aromatic heterocycles. The third-order valence-electron chi connectivity index (χ3n) is 2.96. The van der Waals surface area contributed by atoms with Gasteiger partial charge in [-0.1, -0.05) is 18.5 Å². The van der Waals surface area contributed by atoms with Gasteiger partial charge >= 0.3 is 0 Å². The molecule has 0 saturated heterocycles. The fourth-order valence-corrected chi connectivity index (χ4v) is 2.06. The van der Waals surface area contributed by atoms with Gasteiger partial charge in [0.1, 0.15) is 11.6 Å². The van der Waals surface area contributed by atoms with Crippen LogP contribution in [-0.2, 0) is 0 Å². The van der Waals surface area contributed by atoms with Gasteiger partial charge in [-0.3, -0.25) is 4.79 Å². The zero-order valence-corrected chi connectivity index (χ0v) is 12.8. The second-order valence-corrected chi connectivity index (χ2v) is 5.10. The highest BCUT2D eigenvalue weighted by Gasteiger charge is 2.15. The van der Waals surface area contributed by atoms with Gasteiger partial charge in [0.05, 0.1) is 22.9 Å². The lowest BCUT2D eigenvalue weighted by atomic mass is 10.2. The molecule has 2 aromatic rings. The van der Waals surface area contributed by atoms with Crippen molar-refractivity contribution >= 4 is 23.3 Å². The molecule has 21 heavy (non-hydrogen) atoms. The van der Waals surface area contributed by atoms with E-state index in [1.54, 1.807) is 18.4 Å². The number of amides is 1. The molecule has 0 radical (unpaired) electrons. The molecular weight excluding hydrogens is 290 g/mol. The number of aromatic nitrogens is 1.